The van der Waals surface area contributed by atoms with Crippen LogP contribution in [0, 0.1) is 0 Å². The summed E-state index contributed by atoms with van der Waals surface area (Å²) >= 11 is 0. The lowest BCUT2D eigenvalue weighted by molar-refractivity contribution is 0.305. The average molecular weight is 387 g/mol. The standard InChI is InChI=1S/C21H21N7O/c29-13-12-27(16-7-2-1-3-8-16)21-24-17-10-11-22-19(17)20(25-21)26-28-18-9-5-4-6-15(18)14-23-28/h1-11,22-23,29H,12-14H2,(H,24,25,26). The summed E-state index contributed by atoms with van der Waals surface area (Å²) in [6, 6.07) is 19.9. The van der Waals surface area contributed by atoms with Crippen LogP contribution in [0.15, 0.2) is 66.9 Å². The van der Waals surface area contributed by atoms with Crippen molar-refractivity contribution >= 4 is 34.2 Å². The number of nitrogens with one attached hydrogen (secondary N) is 3. The largest absolute Gasteiger partial charge is 0.395 e. The number of hydrogen-bond acceptors (Lipinski definition) is 7. The highest BCUT2D eigenvalue weighted by Crippen LogP contribution is 2.29. The summed E-state index contributed by atoms with van der Waals surface area (Å²) in [5.41, 5.74) is 11.5. The Labute approximate surface area is 167 Å². The van der Waals surface area contributed by atoms with E-state index in [1.165, 1.54) is 5.56 Å². The maximum absolute atomic E-state index is 9.60. The summed E-state index contributed by atoms with van der Waals surface area (Å²) in [4.78, 5) is 14.6. The molecule has 3 heterocycles. The fraction of sp³-hybridized carbons (Fsp3) is 0.143. The van der Waals surface area contributed by atoms with E-state index in [2.05, 4.69) is 28.0 Å². The van der Waals surface area contributed by atoms with E-state index in [1.807, 2.05) is 64.7 Å². The Balaban J connectivity index is 1.55. The van der Waals surface area contributed by atoms with Crippen LogP contribution in [-0.4, -0.2) is 33.2 Å². The molecule has 0 spiro atoms. The Morgan fingerprint density at radius 1 is 1.03 bits per heavy atom. The minimum absolute atomic E-state index is 0.00670. The summed E-state index contributed by atoms with van der Waals surface area (Å²) in [6.07, 6.45) is 1.85. The Kier molecular flexibility index (Phi) is 4.47. The molecule has 4 aromatic rings. The molecule has 0 atom stereocenters. The quantitative estimate of drug-likeness (QED) is 0.404. The number of hydrogen-bond donors (Lipinski definition) is 4. The molecule has 5 rings (SSSR count). The lowest BCUT2D eigenvalue weighted by Crippen LogP contribution is -2.38. The van der Waals surface area contributed by atoms with Crippen molar-refractivity contribution in [3.63, 3.8) is 0 Å². The van der Waals surface area contributed by atoms with Crippen molar-refractivity contribution in [2.24, 2.45) is 0 Å². The van der Waals surface area contributed by atoms with E-state index >= 15 is 0 Å². The molecule has 0 amide bonds. The van der Waals surface area contributed by atoms with Crippen molar-refractivity contribution in [3.8, 4) is 0 Å². The summed E-state index contributed by atoms with van der Waals surface area (Å²) in [5, 5.41) is 11.5. The Morgan fingerprint density at radius 3 is 2.72 bits per heavy atom. The fourth-order valence-electron chi connectivity index (χ4n) is 3.52. The molecule has 0 saturated heterocycles. The Bertz CT molecular complexity index is 1130. The van der Waals surface area contributed by atoms with Crippen LogP contribution in [0.2, 0.25) is 0 Å². The highest BCUT2D eigenvalue weighted by molar-refractivity contribution is 5.88. The van der Waals surface area contributed by atoms with Gasteiger partial charge in [0.1, 0.15) is 5.52 Å². The van der Waals surface area contributed by atoms with Crippen molar-refractivity contribution in [1.82, 2.24) is 20.4 Å². The van der Waals surface area contributed by atoms with Gasteiger partial charge in [-0.3, -0.25) is 5.43 Å². The van der Waals surface area contributed by atoms with Crippen molar-refractivity contribution in [3.05, 3.63) is 72.4 Å². The van der Waals surface area contributed by atoms with E-state index in [9.17, 15) is 5.11 Å². The Morgan fingerprint density at radius 2 is 1.86 bits per heavy atom. The van der Waals surface area contributed by atoms with Gasteiger partial charge in [0.2, 0.25) is 5.95 Å². The number of rotatable bonds is 6. The van der Waals surface area contributed by atoms with Gasteiger partial charge in [-0.05, 0) is 29.8 Å². The molecule has 8 heteroatoms. The maximum Gasteiger partial charge on any atom is 0.232 e. The molecule has 0 fully saturated rings. The number of aromatic nitrogens is 3. The molecule has 146 valence electrons. The number of aliphatic hydroxyl groups is 1. The topological polar surface area (TPSA) is 92.3 Å². The molecule has 2 aromatic carbocycles. The lowest BCUT2D eigenvalue weighted by atomic mass is 10.2. The second-order valence-corrected chi connectivity index (χ2v) is 6.73. The third-order valence-electron chi connectivity index (χ3n) is 4.90. The normalized spacial score (nSPS) is 12.9. The van der Waals surface area contributed by atoms with E-state index in [4.69, 9.17) is 9.97 Å². The van der Waals surface area contributed by atoms with Gasteiger partial charge >= 0.3 is 0 Å². The second kappa shape index (κ2) is 7.42. The van der Waals surface area contributed by atoms with Gasteiger partial charge in [-0.25, -0.2) is 15.5 Å². The molecule has 2 aromatic heterocycles. The number of aliphatic hydroxyl groups excluding tert-OH is 1. The van der Waals surface area contributed by atoms with Gasteiger partial charge in [-0.1, -0.05) is 36.4 Å². The highest BCUT2D eigenvalue weighted by atomic mass is 16.3. The first-order chi connectivity index (χ1) is 14.3. The van der Waals surface area contributed by atoms with E-state index in [0.717, 1.165) is 29.0 Å². The maximum atomic E-state index is 9.60. The lowest BCUT2D eigenvalue weighted by Gasteiger charge is -2.24. The summed E-state index contributed by atoms with van der Waals surface area (Å²) < 4.78 is 0. The minimum Gasteiger partial charge on any atom is -0.395 e. The van der Waals surface area contributed by atoms with Gasteiger partial charge in [0.05, 0.1) is 17.8 Å². The predicted octanol–water partition coefficient (Wildman–Crippen LogP) is 2.94. The van der Waals surface area contributed by atoms with Gasteiger partial charge < -0.3 is 15.0 Å². The zero-order chi connectivity index (χ0) is 19.6. The van der Waals surface area contributed by atoms with Crippen LogP contribution >= 0.6 is 0 Å². The van der Waals surface area contributed by atoms with Gasteiger partial charge in [-0.15, -0.1) is 0 Å². The number of nitrogens with zero attached hydrogens (tertiary/aromatic N) is 4. The molecule has 0 unspecified atom stereocenters. The summed E-state index contributed by atoms with van der Waals surface area (Å²) in [5.74, 6) is 1.17. The fourth-order valence-corrected chi connectivity index (χ4v) is 3.52. The molecule has 0 bridgehead atoms. The molecule has 4 N–H and O–H groups in total. The SMILES string of the molecule is OCCN(c1ccccc1)c1nc(NN2NCc3ccccc32)c2[nH]ccc2n1. The summed E-state index contributed by atoms with van der Waals surface area (Å²) in [7, 11) is 0. The molecule has 29 heavy (non-hydrogen) atoms. The number of aromatic amines is 1. The number of hydrazine groups is 2. The van der Waals surface area contributed by atoms with Crippen LogP contribution in [0.25, 0.3) is 11.0 Å². The third-order valence-corrected chi connectivity index (χ3v) is 4.90. The zero-order valence-electron chi connectivity index (χ0n) is 15.7. The zero-order valence-corrected chi connectivity index (χ0v) is 15.7. The number of H-pyrrole nitrogens is 1. The van der Waals surface area contributed by atoms with Gasteiger partial charge in [0.25, 0.3) is 0 Å². The molecule has 0 aliphatic carbocycles. The van der Waals surface area contributed by atoms with Crippen molar-refractivity contribution in [1.29, 1.82) is 0 Å². The smallest absolute Gasteiger partial charge is 0.232 e. The van der Waals surface area contributed by atoms with E-state index in [-0.39, 0.29) is 6.61 Å². The molecular formula is C21H21N7O. The number of para-hydroxylation sites is 2. The number of benzene rings is 2. The van der Waals surface area contributed by atoms with Crippen LogP contribution < -0.4 is 20.9 Å². The first kappa shape index (κ1) is 17.5. The van der Waals surface area contributed by atoms with Crippen LogP contribution in [0.5, 0.6) is 0 Å². The average Bonchev–Trinajstić information content (AvgIpc) is 3.40. The molecule has 1 aliphatic rings. The van der Waals surface area contributed by atoms with Gasteiger partial charge in [0, 0.05) is 25.0 Å². The molecule has 8 nitrogen and oxygen atoms in total. The van der Waals surface area contributed by atoms with Crippen LogP contribution in [0.4, 0.5) is 23.1 Å². The van der Waals surface area contributed by atoms with Crippen LogP contribution in [0.3, 0.4) is 0 Å². The van der Waals surface area contributed by atoms with Crippen molar-refractivity contribution < 1.29 is 5.11 Å². The molecular weight excluding hydrogens is 366 g/mol. The van der Waals surface area contributed by atoms with Gasteiger partial charge in [0.15, 0.2) is 5.82 Å². The predicted molar refractivity (Wildman–Crippen MR) is 114 cm³/mol. The van der Waals surface area contributed by atoms with Gasteiger partial charge in [-0.2, -0.15) is 4.98 Å². The second-order valence-electron chi connectivity index (χ2n) is 6.73. The van der Waals surface area contributed by atoms with E-state index in [1.54, 1.807) is 0 Å². The first-order valence-corrected chi connectivity index (χ1v) is 9.50. The van der Waals surface area contributed by atoms with E-state index < -0.39 is 0 Å². The van der Waals surface area contributed by atoms with Crippen molar-refractivity contribution in [2.45, 2.75) is 6.54 Å². The van der Waals surface area contributed by atoms with Crippen LogP contribution in [0.1, 0.15) is 5.56 Å². The van der Waals surface area contributed by atoms with E-state index in [0.29, 0.717) is 18.3 Å². The highest BCUT2D eigenvalue weighted by Gasteiger charge is 2.21. The Hall–Kier alpha value is -3.62. The number of fused-ring (bicyclic) bond motifs is 2. The third kappa shape index (κ3) is 3.24. The van der Waals surface area contributed by atoms with Crippen molar-refractivity contribution in [2.75, 3.05) is 28.6 Å². The summed E-state index contributed by atoms with van der Waals surface area (Å²) in [6.45, 7) is 1.13. The minimum atomic E-state index is -0.00670. The number of anilines is 4. The molecule has 0 radical (unpaired) electrons. The van der Waals surface area contributed by atoms with Crippen LogP contribution in [-0.2, 0) is 6.54 Å². The molecule has 0 saturated carbocycles. The first-order valence-electron chi connectivity index (χ1n) is 9.50. The monoisotopic (exact) mass is 387 g/mol. The molecule has 1 aliphatic heterocycles.